The molecule has 68 valence electrons. The van der Waals surface area contributed by atoms with Gasteiger partial charge in [-0.15, -0.1) is 0 Å². The molecule has 1 rings (SSSR count). The zero-order valence-electron chi connectivity index (χ0n) is 7.58. The van der Waals surface area contributed by atoms with Gasteiger partial charge in [-0.1, -0.05) is 6.08 Å². The second-order valence-electron chi connectivity index (χ2n) is 3.36. The molecule has 0 aromatic rings. The predicted octanol–water partition coefficient (Wildman–Crippen LogP) is 1.11. The van der Waals surface area contributed by atoms with E-state index in [1.807, 2.05) is 7.05 Å². The van der Waals surface area contributed by atoms with Gasteiger partial charge in [-0.05, 0) is 26.8 Å². The first-order chi connectivity index (χ1) is 5.61. The van der Waals surface area contributed by atoms with E-state index in [1.165, 1.54) is 12.8 Å². The summed E-state index contributed by atoms with van der Waals surface area (Å²) in [7, 11) is 2.03. The summed E-state index contributed by atoms with van der Waals surface area (Å²) in [6.45, 7) is 2.38. The van der Waals surface area contributed by atoms with Crippen LogP contribution >= 0.6 is 0 Å². The Labute approximate surface area is 72.7 Å². The molecule has 0 amide bonds. The number of likely N-dealkylation sites (N-methyl/N-ethyl adjacent to an activating group) is 1. The maximum Gasteiger partial charge on any atom is 0.330 e. The predicted molar refractivity (Wildman–Crippen MR) is 47.0 cm³/mol. The molecule has 1 N–H and O–H groups in total. The Kier molecular flexibility index (Phi) is 2.87. The molecule has 0 aromatic heterocycles. The summed E-state index contributed by atoms with van der Waals surface area (Å²) < 4.78 is 0. The van der Waals surface area contributed by atoms with E-state index in [0.717, 1.165) is 6.54 Å². The molecule has 1 aliphatic carbocycles. The Balaban J connectivity index is 2.30. The number of carboxylic acids is 1. The first-order valence-corrected chi connectivity index (χ1v) is 4.21. The van der Waals surface area contributed by atoms with Gasteiger partial charge in [0.2, 0.25) is 0 Å². The number of hydrogen-bond donors (Lipinski definition) is 1. The molecule has 0 atom stereocenters. The van der Waals surface area contributed by atoms with Crippen LogP contribution in [0.15, 0.2) is 11.6 Å². The second-order valence-corrected chi connectivity index (χ2v) is 3.36. The summed E-state index contributed by atoms with van der Waals surface area (Å²) in [4.78, 5) is 12.6. The maximum absolute atomic E-state index is 10.4. The number of rotatable bonds is 4. The zero-order chi connectivity index (χ0) is 9.14. The number of aliphatic carboxylic acids is 1. The minimum absolute atomic E-state index is 0.433. The third kappa shape index (κ3) is 2.66. The Morgan fingerprint density at radius 3 is 2.67 bits per heavy atom. The Hall–Kier alpha value is -0.830. The summed E-state index contributed by atoms with van der Waals surface area (Å²) in [6, 6.07) is 0.697. The van der Waals surface area contributed by atoms with E-state index in [4.69, 9.17) is 5.11 Å². The highest BCUT2D eigenvalue weighted by Crippen LogP contribution is 2.24. The smallest absolute Gasteiger partial charge is 0.330 e. The SMILES string of the molecule is CC(=CCN(C)C1CC1)C(=O)O. The fraction of sp³-hybridized carbons (Fsp3) is 0.667. The second kappa shape index (κ2) is 3.72. The third-order valence-corrected chi connectivity index (χ3v) is 2.19. The first kappa shape index (κ1) is 9.26. The Bertz CT molecular complexity index is 207. The van der Waals surface area contributed by atoms with Gasteiger partial charge in [-0.25, -0.2) is 4.79 Å². The van der Waals surface area contributed by atoms with E-state index in [9.17, 15) is 4.79 Å². The van der Waals surface area contributed by atoms with Gasteiger partial charge in [0.15, 0.2) is 0 Å². The van der Waals surface area contributed by atoms with Crippen molar-refractivity contribution >= 4 is 5.97 Å². The van der Waals surface area contributed by atoms with Crippen LogP contribution in [-0.4, -0.2) is 35.6 Å². The highest BCUT2D eigenvalue weighted by Gasteiger charge is 2.25. The van der Waals surface area contributed by atoms with E-state index in [2.05, 4.69) is 4.90 Å². The Morgan fingerprint density at radius 2 is 2.25 bits per heavy atom. The number of carbonyl (C=O) groups is 1. The molecule has 1 fully saturated rings. The minimum Gasteiger partial charge on any atom is -0.478 e. The van der Waals surface area contributed by atoms with Gasteiger partial charge in [-0.3, -0.25) is 4.90 Å². The number of hydrogen-bond acceptors (Lipinski definition) is 2. The molecule has 0 unspecified atom stereocenters. The van der Waals surface area contributed by atoms with E-state index in [0.29, 0.717) is 11.6 Å². The van der Waals surface area contributed by atoms with Crippen LogP contribution in [0.25, 0.3) is 0 Å². The molecule has 0 radical (unpaired) electrons. The molecule has 0 bridgehead atoms. The average molecular weight is 169 g/mol. The van der Waals surface area contributed by atoms with Crippen molar-refractivity contribution < 1.29 is 9.90 Å². The van der Waals surface area contributed by atoms with Crippen LogP contribution in [0.1, 0.15) is 19.8 Å². The molecular formula is C9H15NO2. The van der Waals surface area contributed by atoms with E-state index < -0.39 is 5.97 Å². The van der Waals surface area contributed by atoms with Crippen LogP contribution in [-0.2, 0) is 4.79 Å². The summed E-state index contributed by atoms with van der Waals surface area (Å²) in [5.74, 6) is -0.820. The highest BCUT2D eigenvalue weighted by molar-refractivity contribution is 5.85. The van der Waals surface area contributed by atoms with E-state index >= 15 is 0 Å². The standard InChI is InChI=1S/C9H15NO2/c1-7(9(11)12)5-6-10(2)8-3-4-8/h5,8H,3-4,6H2,1-2H3,(H,11,12). The minimum atomic E-state index is -0.820. The summed E-state index contributed by atoms with van der Waals surface area (Å²) in [6.07, 6.45) is 4.29. The fourth-order valence-electron chi connectivity index (χ4n) is 1.03. The molecule has 0 aromatic carbocycles. The molecule has 3 heteroatoms. The molecule has 0 spiro atoms. The van der Waals surface area contributed by atoms with E-state index in [-0.39, 0.29) is 0 Å². The van der Waals surface area contributed by atoms with Crippen LogP contribution < -0.4 is 0 Å². The van der Waals surface area contributed by atoms with Gasteiger partial charge in [0, 0.05) is 18.2 Å². The van der Waals surface area contributed by atoms with Crippen LogP contribution in [0.2, 0.25) is 0 Å². The third-order valence-electron chi connectivity index (χ3n) is 2.19. The molecule has 3 nitrogen and oxygen atoms in total. The highest BCUT2D eigenvalue weighted by atomic mass is 16.4. The lowest BCUT2D eigenvalue weighted by atomic mass is 10.3. The van der Waals surface area contributed by atoms with Gasteiger partial charge in [0.1, 0.15) is 0 Å². The van der Waals surface area contributed by atoms with Crippen LogP contribution in [0.5, 0.6) is 0 Å². The van der Waals surface area contributed by atoms with Crippen molar-refractivity contribution in [1.82, 2.24) is 4.90 Å². The van der Waals surface area contributed by atoms with Crippen LogP contribution in [0.4, 0.5) is 0 Å². The lowest BCUT2D eigenvalue weighted by molar-refractivity contribution is -0.132. The molecule has 1 aliphatic rings. The van der Waals surface area contributed by atoms with Gasteiger partial charge in [0.05, 0.1) is 0 Å². The van der Waals surface area contributed by atoms with Crippen molar-refractivity contribution in [3.8, 4) is 0 Å². The molecule has 0 heterocycles. The largest absolute Gasteiger partial charge is 0.478 e. The lowest BCUT2D eigenvalue weighted by Crippen LogP contribution is -2.21. The maximum atomic E-state index is 10.4. The lowest BCUT2D eigenvalue weighted by Gasteiger charge is -2.12. The molecule has 12 heavy (non-hydrogen) atoms. The number of nitrogens with zero attached hydrogens (tertiary/aromatic N) is 1. The van der Waals surface area contributed by atoms with Crippen molar-refractivity contribution in [1.29, 1.82) is 0 Å². The quantitative estimate of drug-likeness (QED) is 0.641. The van der Waals surface area contributed by atoms with Crippen LogP contribution in [0, 0.1) is 0 Å². The fourth-order valence-corrected chi connectivity index (χ4v) is 1.03. The first-order valence-electron chi connectivity index (χ1n) is 4.21. The summed E-state index contributed by atoms with van der Waals surface area (Å²) in [5.41, 5.74) is 0.433. The van der Waals surface area contributed by atoms with Gasteiger partial charge in [0.25, 0.3) is 0 Å². The molecular weight excluding hydrogens is 154 g/mol. The average Bonchev–Trinajstić information content (AvgIpc) is 2.81. The molecule has 0 aliphatic heterocycles. The molecule has 1 saturated carbocycles. The van der Waals surface area contributed by atoms with Gasteiger partial charge in [-0.2, -0.15) is 0 Å². The van der Waals surface area contributed by atoms with Crippen molar-refractivity contribution in [2.45, 2.75) is 25.8 Å². The van der Waals surface area contributed by atoms with E-state index in [1.54, 1.807) is 13.0 Å². The summed E-state index contributed by atoms with van der Waals surface area (Å²) in [5, 5.41) is 8.56. The Morgan fingerprint density at radius 1 is 1.67 bits per heavy atom. The van der Waals surface area contributed by atoms with Crippen molar-refractivity contribution in [3.05, 3.63) is 11.6 Å². The van der Waals surface area contributed by atoms with Crippen molar-refractivity contribution in [2.75, 3.05) is 13.6 Å². The molecule has 0 saturated heterocycles. The monoisotopic (exact) mass is 169 g/mol. The summed E-state index contributed by atoms with van der Waals surface area (Å²) >= 11 is 0. The van der Waals surface area contributed by atoms with Gasteiger partial charge < -0.3 is 5.11 Å². The van der Waals surface area contributed by atoms with Crippen LogP contribution in [0.3, 0.4) is 0 Å². The zero-order valence-corrected chi connectivity index (χ0v) is 7.58. The van der Waals surface area contributed by atoms with Crippen molar-refractivity contribution in [2.24, 2.45) is 0 Å². The van der Waals surface area contributed by atoms with Gasteiger partial charge >= 0.3 is 5.97 Å². The topological polar surface area (TPSA) is 40.5 Å². The van der Waals surface area contributed by atoms with Crippen molar-refractivity contribution in [3.63, 3.8) is 0 Å². The normalized spacial score (nSPS) is 18.4. The number of carboxylic acid groups (broad SMARTS) is 1.